The highest BCUT2D eigenvalue weighted by atomic mass is 16.5. The van der Waals surface area contributed by atoms with Gasteiger partial charge in [-0.15, -0.1) is 0 Å². The lowest BCUT2D eigenvalue weighted by Gasteiger charge is -2.20. The van der Waals surface area contributed by atoms with Gasteiger partial charge in [-0.1, -0.05) is 24.3 Å². The number of amides is 2. The monoisotopic (exact) mass is 260 g/mol. The van der Waals surface area contributed by atoms with E-state index in [-0.39, 0.29) is 0 Å². The summed E-state index contributed by atoms with van der Waals surface area (Å²) in [6.45, 7) is 3.58. The minimum atomic E-state index is -0.877. The number of carbonyl (C=O) groups excluding carboxylic acids is 1. The maximum atomic E-state index is 10.9. The first kappa shape index (κ1) is 13.2. The van der Waals surface area contributed by atoms with Crippen LogP contribution >= 0.6 is 0 Å². The zero-order valence-electron chi connectivity index (χ0n) is 10.8. The smallest absolute Gasteiger partial charge is 0.339 e. The third-order valence-electron chi connectivity index (χ3n) is 3.01. The second kappa shape index (κ2) is 5.16. The van der Waals surface area contributed by atoms with Crippen LogP contribution in [0.15, 0.2) is 40.8 Å². The number of nitrogens with two attached hydrogens (primary N) is 1. The van der Waals surface area contributed by atoms with E-state index in [0.717, 1.165) is 22.6 Å². The number of hydrogen-bond donors (Lipinski definition) is 2. The molecule has 1 aromatic heterocycles. The fraction of sp³-hybridized carbons (Fsp3) is 0.214. The van der Waals surface area contributed by atoms with Crippen LogP contribution in [-0.4, -0.2) is 16.3 Å². The Labute approximate surface area is 111 Å². The second-order valence-electron chi connectivity index (χ2n) is 4.39. The molecule has 1 unspecified atom stereocenters. The highest BCUT2D eigenvalue weighted by Crippen LogP contribution is 2.25. The Bertz CT molecular complexity index is 575. The van der Waals surface area contributed by atoms with E-state index in [0.29, 0.717) is 5.06 Å². The van der Waals surface area contributed by atoms with Gasteiger partial charge in [0, 0.05) is 5.56 Å². The lowest BCUT2D eigenvalue weighted by atomic mass is 10.0. The van der Waals surface area contributed by atoms with Crippen LogP contribution in [0.3, 0.4) is 0 Å². The quantitative estimate of drug-likeness (QED) is 0.657. The van der Waals surface area contributed by atoms with Crippen molar-refractivity contribution in [1.82, 2.24) is 5.06 Å². The first-order valence-electron chi connectivity index (χ1n) is 5.93. The Hall–Kier alpha value is -2.27. The van der Waals surface area contributed by atoms with E-state index >= 15 is 0 Å². The van der Waals surface area contributed by atoms with E-state index < -0.39 is 12.1 Å². The predicted molar refractivity (Wildman–Crippen MR) is 70.5 cm³/mol. The van der Waals surface area contributed by atoms with Crippen molar-refractivity contribution in [2.75, 3.05) is 0 Å². The molecule has 2 aromatic rings. The summed E-state index contributed by atoms with van der Waals surface area (Å²) in [5.41, 5.74) is 6.74. The van der Waals surface area contributed by atoms with E-state index in [2.05, 4.69) is 0 Å². The molecular weight excluding hydrogens is 244 g/mol. The summed E-state index contributed by atoms with van der Waals surface area (Å²) < 4.78 is 5.52. The van der Waals surface area contributed by atoms with Crippen molar-refractivity contribution in [3.63, 3.8) is 0 Å². The molecule has 19 heavy (non-hydrogen) atoms. The molecule has 100 valence electrons. The van der Waals surface area contributed by atoms with Crippen LogP contribution in [0.4, 0.5) is 4.79 Å². The second-order valence-corrected chi connectivity index (χ2v) is 4.39. The van der Waals surface area contributed by atoms with Gasteiger partial charge in [-0.3, -0.25) is 5.21 Å². The van der Waals surface area contributed by atoms with Gasteiger partial charge < -0.3 is 10.2 Å². The molecule has 0 aliphatic rings. The summed E-state index contributed by atoms with van der Waals surface area (Å²) >= 11 is 0. The van der Waals surface area contributed by atoms with Gasteiger partial charge in [0.25, 0.3) is 0 Å². The summed E-state index contributed by atoms with van der Waals surface area (Å²) in [6.07, 6.45) is 0. The summed E-state index contributed by atoms with van der Waals surface area (Å²) in [7, 11) is 0. The van der Waals surface area contributed by atoms with Crippen LogP contribution in [0.2, 0.25) is 0 Å². The number of hydroxylamine groups is 2. The number of furan rings is 1. The molecule has 2 amide bonds. The maximum absolute atomic E-state index is 10.9. The van der Waals surface area contributed by atoms with Crippen LogP contribution in [-0.2, 0) is 0 Å². The Kier molecular flexibility index (Phi) is 3.57. The molecule has 1 heterocycles. The molecule has 0 bridgehead atoms. The van der Waals surface area contributed by atoms with Crippen molar-refractivity contribution in [3.05, 3.63) is 47.7 Å². The number of nitrogens with zero attached hydrogens (tertiary/aromatic N) is 1. The molecule has 3 N–H and O–H groups in total. The highest BCUT2D eigenvalue weighted by molar-refractivity contribution is 5.71. The first-order chi connectivity index (χ1) is 8.99. The number of benzene rings is 1. The van der Waals surface area contributed by atoms with Gasteiger partial charge in [0.1, 0.15) is 11.5 Å². The van der Waals surface area contributed by atoms with Crippen LogP contribution in [0, 0.1) is 6.92 Å². The molecule has 0 aliphatic heterocycles. The Morgan fingerprint density at radius 2 is 1.89 bits per heavy atom. The molecule has 1 aromatic carbocycles. The van der Waals surface area contributed by atoms with Gasteiger partial charge in [-0.25, -0.2) is 4.79 Å². The molecule has 1 atom stereocenters. The number of aryl methyl sites for hydroxylation is 1. The van der Waals surface area contributed by atoms with Crippen molar-refractivity contribution in [1.29, 1.82) is 0 Å². The third kappa shape index (κ3) is 2.77. The largest absolute Gasteiger partial charge is 0.461 e. The molecule has 0 saturated carbocycles. The standard InChI is InChI=1S/C14H16N2O3/c1-9-3-8-13(19-9)12-6-4-11(5-7-12)10(2)16(18)14(15)17/h3-8,10,18H,1-2H3,(H2,15,17). The van der Waals surface area contributed by atoms with Gasteiger partial charge in [-0.05, 0) is 31.5 Å². The topological polar surface area (TPSA) is 79.7 Å². The third-order valence-corrected chi connectivity index (χ3v) is 3.01. The van der Waals surface area contributed by atoms with E-state index in [1.165, 1.54) is 0 Å². The van der Waals surface area contributed by atoms with Crippen LogP contribution in [0.1, 0.15) is 24.3 Å². The van der Waals surface area contributed by atoms with Crippen LogP contribution in [0.5, 0.6) is 0 Å². The average molecular weight is 260 g/mol. The molecule has 5 nitrogen and oxygen atoms in total. The fourth-order valence-corrected chi connectivity index (χ4v) is 1.85. The summed E-state index contributed by atoms with van der Waals surface area (Å²) in [6, 6.07) is 9.82. The van der Waals surface area contributed by atoms with E-state index in [9.17, 15) is 10.0 Å². The number of urea groups is 1. The molecule has 0 spiro atoms. The number of rotatable bonds is 3. The summed E-state index contributed by atoms with van der Waals surface area (Å²) in [5.74, 6) is 1.63. The minimum absolute atomic E-state index is 0.495. The molecule has 0 fully saturated rings. The number of primary amides is 1. The van der Waals surface area contributed by atoms with Gasteiger partial charge >= 0.3 is 6.03 Å². The minimum Gasteiger partial charge on any atom is -0.461 e. The summed E-state index contributed by atoms with van der Waals surface area (Å²) in [5, 5.41) is 9.98. The van der Waals surface area contributed by atoms with Crippen LogP contribution < -0.4 is 5.73 Å². The fourth-order valence-electron chi connectivity index (χ4n) is 1.85. The van der Waals surface area contributed by atoms with Gasteiger partial charge in [-0.2, -0.15) is 5.06 Å². The van der Waals surface area contributed by atoms with Crippen LogP contribution in [0.25, 0.3) is 11.3 Å². The van der Waals surface area contributed by atoms with E-state index in [1.807, 2.05) is 43.3 Å². The van der Waals surface area contributed by atoms with Gasteiger partial charge in [0.15, 0.2) is 0 Å². The summed E-state index contributed by atoms with van der Waals surface area (Å²) in [4.78, 5) is 10.9. The van der Waals surface area contributed by atoms with Crippen molar-refractivity contribution in [3.8, 4) is 11.3 Å². The van der Waals surface area contributed by atoms with Crippen molar-refractivity contribution < 1.29 is 14.4 Å². The molecular formula is C14H16N2O3. The normalized spacial score (nSPS) is 12.2. The SMILES string of the molecule is Cc1ccc(-c2ccc(C(C)N(O)C(N)=O)cc2)o1. The zero-order chi connectivity index (χ0) is 14.0. The van der Waals surface area contributed by atoms with Crippen molar-refractivity contribution >= 4 is 6.03 Å². The first-order valence-corrected chi connectivity index (χ1v) is 5.93. The Balaban J connectivity index is 2.21. The van der Waals surface area contributed by atoms with Crippen molar-refractivity contribution in [2.24, 2.45) is 5.73 Å². The van der Waals surface area contributed by atoms with Gasteiger partial charge in [0.2, 0.25) is 0 Å². The Morgan fingerprint density at radius 3 is 2.37 bits per heavy atom. The number of carbonyl (C=O) groups is 1. The molecule has 0 saturated heterocycles. The molecule has 0 radical (unpaired) electrons. The lowest BCUT2D eigenvalue weighted by molar-refractivity contribution is -0.0709. The average Bonchev–Trinajstić information content (AvgIpc) is 2.84. The van der Waals surface area contributed by atoms with Crippen molar-refractivity contribution in [2.45, 2.75) is 19.9 Å². The van der Waals surface area contributed by atoms with Gasteiger partial charge in [0.05, 0.1) is 6.04 Å². The zero-order valence-corrected chi connectivity index (χ0v) is 10.8. The lowest BCUT2D eigenvalue weighted by Crippen LogP contribution is -2.34. The van der Waals surface area contributed by atoms with E-state index in [1.54, 1.807) is 6.92 Å². The molecule has 5 heteroatoms. The van der Waals surface area contributed by atoms with E-state index in [4.69, 9.17) is 10.2 Å². The Morgan fingerprint density at radius 1 is 1.26 bits per heavy atom. The maximum Gasteiger partial charge on any atom is 0.339 e. The number of hydrogen-bond acceptors (Lipinski definition) is 3. The highest BCUT2D eigenvalue weighted by Gasteiger charge is 2.17. The molecule has 2 rings (SSSR count). The predicted octanol–water partition coefficient (Wildman–Crippen LogP) is 3.09. The molecule has 0 aliphatic carbocycles.